The van der Waals surface area contributed by atoms with Crippen LogP contribution in [0.1, 0.15) is 12.5 Å². The van der Waals surface area contributed by atoms with Gasteiger partial charge in [-0.1, -0.05) is 6.07 Å². The highest BCUT2D eigenvalue weighted by atomic mass is 32.1. The number of nitrogens with two attached hydrogens (primary N) is 1. The zero-order chi connectivity index (χ0) is 16.4. The lowest BCUT2D eigenvalue weighted by Gasteiger charge is -2.08. The van der Waals surface area contributed by atoms with E-state index in [1.54, 1.807) is 6.07 Å². The van der Waals surface area contributed by atoms with Gasteiger partial charge in [0, 0.05) is 12.7 Å². The SMILES string of the molecule is CC(=O)NC(CS)C(=O)O.NCCc1ccc(O)c(O)c1. The Morgan fingerprint density at radius 3 is 2.29 bits per heavy atom. The molecule has 0 saturated carbocycles. The highest BCUT2D eigenvalue weighted by Gasteiger charge is 2.15. The number of phenolic OH excluding ortho intramolecular Hbond substituents is 2. The molecule has 118 valence electrons. The minimum absolute atomic E-state index is 0.0871. The van der Waals surface area contributed by atoms with Crippen molar-refractivity contribution in [2.24, 2.45) is 5.73 Å². The molecule has 21 heavy (non-hydrogen) atoms. The molecular weight excluding hydrogens is 296 g/mol. The zero-order valence-electron chi connectivity index (χ0n) is 11.6. The molecule has 6 N–H and O–H groups in total. The number of aliphatic carboxylic acids is 1. The maximum absolute atomic E-state index is 10.3. The third kappa shape index (κ3) is 8.05. The van der Waals surface area contributed by atoms with Crippen molar-refractivity contribution < 1.29 is 24.9 Å². The fourth-order valence-electron chi connectivity index (χ4n) is 1.32. The Labute approximate surface area is 128 Å². The molecule has 0 aromatic heterocycles. The number of carbonyl (C=O) groups is 2. The molecule has 0 radical (unpaired) electrons. The van der Waals surface area contributed by atoms with Gasteiger partial charge in [-0.2, -0.15) is 12.6 Å². The van der Waals surface area contributed by atoms with Gasteiger partial charge in [-0.25, -0.2) is 4.79 Å². The molecular formula is C13H20N2O5S. The van der Waals surface area contributed by atoms with E-state index in [-0.39, 0.29) is 23.2 Å². The average molecular weight is 316 g/mol. The van der Waals surface area contributed by atoms with Crippen LogP contribution in [0.25, 0.3) is 0 Å². The van der Waals surface area contributed by atoms with Gasteiger partial charge < -0.3 is 26.4 Å². The smallest absolute Gasteiger partial charge is 0.327 e. The molecule has 0 heterocycles. The van der Waals surface area contributed by atoms with Gasteiger partial charge in [0.15, 0.2) is 11.5 Å². The first kappa shape index (κ1) is 19.1. The monoisotopic (exact) mass is 316 g/mol. The number of phenols is 2. The molecule has 1 unspecified atom stereocenters. The summed E-state index contributed by atoms with van der Waals surface area (Å²) in [7, 11) is 0. The Bertz CT molecular complexity index is 482. The van der Waals surface area contributed by atoms with E-state index in [1.807, 2.05) is 0 Å². The van der Waals surface area contributed by atoms with Crippen LogP contribution in [0, 0.1) is 0 Å². The maximum Gasteiger partial charge on any atom is 0.327 e. The highest BCUT2D eigenvalue weighted by molar-refractivity contribution is 7.80. The van der Waals surface area contributed by atoms with E-state index in [0.29, 0.717) is 13.0 Å². The minimum Gasteiger partial charge on any atom is -0.504 e. The maximum atomic E-state index is 10.3. The van der Waals surface area contributed by atoms with Gasteiger partial charge >= 0.3 is 5.97 Å². The number of carboxylic acids is 1. The number of carboxylic acid groups (broad SMARTS) is 1. The van der Waals surface area contributed by atoms with Crippen molar-refractivity contribution in [3.05, 3.63) is 23.8 Å². The van der Waals surface area contributed by atoms with E-state index in [9.17, 15) is 9.59 Å². The Balaban J connectivity index is 0.000000384. The van der Waals surface area contributed by atoms with E-state index in [0.717, 1.165) is 5.56 Å². The number of rotatable bonds is 5. The standard InChI is InChI=1S/C8H11NO2.C5H9NO3S/c9-4-3-6-1-2-7(10)8(11)5-6;1-3(7)6-4(2-10)5(8)9/h1-2,5,10-11H,3-4,9H2;4,10H,2H2,1H3,(H,6,7)(H,8,9). The van der Waals surface area contributed by atoms with Gasteiger partial charge in [0.1, 0.15) is 6.04 Å². The number of nitrogens with one attached hydrogen (secondary N) is 1. The summed E-state index contributed by atoms with van der Waals surface area (Å²) in [6, 6.07) is 3.84. The number of hydrogen-bond donors (Lipinski definition) is 6. The molecule has 8 heteroatoms. The number of carbonyl (C=O) groups excluding carboxylic acids is 1. The lowest BCUT2D eigenvalue weighted by molar-refractivity contribution is -0.140. The summed E-state index contributed by atoms with van der Waals surface area (Å²) in [6.45, 7) is 1.81. The highest BCUT2D eigenvalue weighted by Crippen LogP contribution is 2.24. The molecule has 0 bridgehead atoms. The number of thiol groups is 1. The Hall–Kier alpha value is -1.93. The quantitative estimate of drug-likeness (QED) is 0.337. The van der Waals surface area contributed by atoms with Crippen LogP contribution in [0.4, 0.5) is 0 Å². The van der Waals surface area contributed by atoms with Gasteiger partial charge in [0.05, 0.1) is 0 Å². The van der Waals surface area contributed by atoms with Crippen molar-refractivity contribution >= 4 is 24.5 Å². The molecule has 0 aliphatic rings. The van der Waals surface area contributed by atoms with E-state index in [1.165, 1.54) is 19.1 Å². The van der Waals surface area contributed by atoms with Gasteiger partial charge in [0.2, 0.25) is 5.91 Å². The van der Waals surface area contributed by atoms with E-state index in [2.05, 4.69) is 17.9 Å². The summed E-state index contributed by atoms with van der Waals surface area (Å²) in [6.07, 6.45) is 0.716. The predicted molar refractivity (Wildman–Crippen MR) is 81.6 cm³/mol. The topological polar surface area (TPSA) is 133 Å². The van der Waals surface area contributed by atoms with Crippen LogP contribution in [0.15, 0.2) is 18.2 Å². The third-order valence-corrected chi connectivity index (χ3v) is 2.70. The summed E-state index contributed by atoms with van der Waals surface area (Å²) in [5, 5.41) is 28.5. The molecule has 0 aliphatic carbocycles. The Morgan fingerprint density at radius 2 is 1.95 bits per heavy atom. The van der Waals surface area contributed by atoms with E-state index in [4.69, 9.17) is 21.1 Å². The minimum atomic E-state index is -1.06. The van der Waals surface area contributed by atoms with Crippen LogP contribution in [0.2, 0.25) is 0 Å². The first-order valence-electron chi connectivity index (χ1n) is 6.13. The van der Waals surface area contributed by atoms with Crippen molar-refractivity contribution in [2.75, 3.05) is 12.3 Å². The molecule has 7 nitrogen and oxygen atoms in total. The van der Waals surface area contributed by atoms with Crippen LogP contribution < -0.4 is 11.1 Å². The summed E-state index contributed by atoms with van der Waals surface area (Å²) in [5.41, 5.74) is 6.24. The fourth-order valence-corrected chi connectivity index (χ4v) is 1.57. The number of hydrogen-bond acceptors (Lipinski definition) is 6. The van der Waals surface area contributed by atoms with E-state index < -0.39 is 12.0 Å². The van der Waals surface area contributed by atoms with Crippen molar-refractivity contribution in [3.8, 4) is 11.5 Å². The van der Waals surface area contributed by atoms with Gasteiger partial charge in [-0.15, -0.1) is 0 Å². The first-order valence-corrected chi connectivity index (χ1v) is 6.76. The molecule has 0 aliphatic heterocycles. The van der Waals surface area contributed by atoms with Gasteiger partial charge in [-0.05, 0) is 30.7 Å². The molecule has 0 spiro atoms. The molecule has 1 amide bonds. The second-order valence-corrected chi connectivity index (χ2v) is 4.50. The average Bonchev–Trinajstić information content (AvgIpc) is 2.41. The van der Waals surface area contributed by atoms with Crippen LogP contribution in [-0.2, 0) is 16.0 Å². The van der Waals surface area contributed by atoms with Gasteiger partial charge in [0.25, 0.3) is 0 Å². The second kappa shape index (κ2) is 9.89. The zero-order valence-corrected chi connectivity index (χ0v) is 12.5. The predicted octanol–water partition coefficient (Wildman–Crippen LogP) is 0.105. The molecule has 1 rings (SSSR count). The van der Waals surface area contributed by atoms with Crippen LogP contribution in [-0.4, -0.2) is 45.5 Å². The van der Waals surface area contributed by atoms with Crippen molar-refractivity contribution in [2.45, 2.75) is 19.4 Å². The van der Waals surface area contributed by atoms with Crippen molar-refractivity contribution in [1.82, 2.24) is 5.32 Å². The number of benzene rings is 1. The normalized spacial score (nSPS) is 11.0. The van der Waals surface area contributed by atoms with E-state index >= 15 is 0 Å². The summed E-state index contributed by atoms with van der Waals surface area (Å²) in [5.74, 6) is -1.50. The van der Waals surface area contributed by atoms with Crippen LogP contribution in [0.5, 0.6) is 11.5 Å². The molecule has 0 fully saturated rings. The van der Waals surface area contributed by atoms with Crippen LogP contribution >= 0.6 is 12.6 Å². The summed E-state index contributed by atoms with van der Waals surface area (Å²) < 4.78 is 0. The number of amides is 1. The summed E-state index contributed by atoms with van der Waals surface area (Å²) in [4.78, 5) is 20.5. The second-order valence-electron chi connectivity index (χ2n) is 4.14. The molecule has 1 aromatic carbocycles. The molecule has 0 saturated heterocycles. The molecule has 1 aromatic rings. The first-order chi connectivity index (χ1) is 9.81. The Kier molecular flexibility index (Phi) is 8.98. The Morgan fingerprint density at radius 1 is 1.33 bits per heavy atom. The van der Waals surface area contributed by atoms with Crippen molar-refractivity contribution in [3.63, 3.8) is 0 Å². The summed E-state index contributed by atoms with van der Waals surface area (Å²) >= 11 is 3.73. The van der Waals surface area contributed by atoms with Gasteiger partial charge in [-0.3, -0.25) is 4.79 Å². The largest absolute Gasteiger partial charge is 0.504 e. The lowest BCUT2D eigenvalue weighted by atomic mass is 10.1. The third-order valence-electron chi connectivity index (χ3n) is 2.33. The van der Waals surface area contributed by atoms with Crippen LogP contribution in [0.3, 0.4) is 0 Å². The molecule has 1 atom stereocenters. The number of aromatic hydroxyl groups is 2. The lowest BCUT2D eigenvalue weighted by Crippen LogP contribution is -2.40. The fraction of sp³-hybridized carbons (Fsp3) is 0.385. The van der Waals surface area contributed by atoms with Crippen molar-refractivity contribution in [1.29, 1.82) is 0 Å².